The molecule has 1 aliphatic rings. The van der Waals surface area contributed by atoms with Gasteiger partial charge in [0.1, 0.15) is 0 Å². The maximum Gasteiger partial charge on any atom is 0.251 e. The molecule has 0 unspecified atom stereocenters. The Kier molecular flexibility index (Phi) is 7.85. The Hall–Kier alpha value is -1.54. The number of sulfonamides is 1. The maximum absolute atomic E-state index is 13.0. The van der Waals surface area contributed by atoms with E-state index in [0.29, 0.717) is 41.9 Å². The number of amides is 1. The summed E-state index contributed by atoms with van der Waals surface area (Å²) >= 11 is 7.51. The molecule has 1 saturated heterocycles. The van der Waals surface area contributed by atoms with Crippen LogP contribution in [0.3, 0.4) is 0 Å². The van der Waals surface area contributed by atoms with Crippen LogP contribution >= 0.6 is 23.4 Å². The first-order valence-electron chi connectivity index (χ1n) is 10.0. The van der Waals surface area contributed by atoms with Crippen LogP contribution in [0.5, 0.6) is 0 Å². The molecular weight excluding hydrogens is 440 g/mol. The van der Waals surface area contributed by atoms with Crippen LogP contribution in [-0.4, -0.2) is 44.0 Å². The molecule has 1 amide bonds. The van der Waals surface area contributed by atoms with Crippen LogP contribution in [0.2, 0.25) is 5.02 Å². The van der Waals surface area contributed by atoms with E-state index in [0.717, 1.165) is 23.3 Å². The lowest BCUT2D eigenvalue weighted by atomic mass is 10.0. The number of hydrogen-bond donors (Lipinski definition) is 1. The number of nitrogens with one attached hydrogen (secondary N) is 1. The summed E-state index contributed by atoms with van der Waals surface area (Å²) in [5.74, 6) is 0.992. The monoisotopic (exact) mass is 466 g/mol. The van der Waals surface area contributed by atoms with Crippen LogP contribution in [0, 0.1) is 12.8 Å². The minimum atomic E-state index is -3.58. The Morgan fingerprint density at radius 1 is 1.17 bits per heavy atom. The molecule has 8 heteroatoms. The summed E-state index contributed by atoms with van der Waals surface area (Å²) < 4.78 is 27.5. The van der Waals surface area contributed by atoms with E-state index in [2.05, 4.69) is 12.2 Å². The van der Waals surface area contributed by atoms with Gasteiger partial charge < -0.3 is 5.32 Å². The van der Waals surface area contributed by atoms with Gasteiger partial charge in [-0.15, -0.1) is 11.8 Å². The summed E-state index contributed by atoms with van der Waals surface area (Å²) in [6.45, 7) is 5.49. The van der Waals surface area contributed by atoms with Crippen LogP contribution in [0.4, 0.5) is 0 Å². The Labute approximate surface area is 188 Å². The van der Waals surface area contributed by atoms with Crippen molar-refractivity contribution in [3.05, 3.63) is 58.6 Å². The Balaban J connectivity index is 1.62. The Morgan fingerprint density at radius 2 is 1.83 bits per heavy atom. The predicted octanol–water partition coefficient (Wildman–Crippen LogP) is 4.59. The van der Waals surface area contributed by atoms with Crippen molar-refractivity contribution in [2.75, 3.05) is 25.4 Å². The van der Waals surface area contributed by atoms with E-state index in [1.165, 1.54) is 10.4 Å². The largest absolute Gasteiger partial charge is 0.351 e. The van der Waals surface area contributed by atoms with E-state index in [1.54, 1.807) is 23.9 Å². The van der Waals surface area contributed by atoms with Crippen LogP contribution < -0.4 is 5.32 Å². The van der Waals surface area contributed by atoms with E-state index in [-0.39, 0.29) is 10.8 Å². The molecule has 3 rings (SSSR count). The average Bonchev–Trinajstić information content (AvgIpc) is 2.73. The van der Waals surface area contributed by atoms with Crippen LogP contribution in [0.15, 0.2) is 52.3 Å². The standard InChI is InChI=1S/C22H27ClN2O3S2/c1-16-9-12-25(13-10-16)30(27,28)20-8-3-17(2)21(15-20)22(26)24-11-14-29-19-6-4-18(23)5-7-19/h3-8,15-16H,9-14H2,1-2H3,(H,24,26). The van der Waals surface area contributed by atoms with Crippen molar-refractivity contribution < 1.29 is 13.2 Å². The molecule has 2 aromatic rings. The molecule has 1 aliphatic heterocycles. The first-order chi connectivity index (χ1) is 14.3. The first kappa shape index (κ1) is 23.1. The SMILES string of the molecule is Cc1ccc(S(=O)(=O)N2CCC(C)CC2)cc1C(=O)NCCSc1ccc(Cl)cc1. The average molecular weight is 467 g/mol. The Bertz CT molecular complexity index is 986. The third-order valence-electron chi connectivity index (χ3n) is 5.30. The van der Waals surface area contributed by atoms with Gasteiger partial charge in [-0.3, -0.25) is 4.79 Å². The maximum atomic E-state index is 13.0. The van der Waals surface area contributed by atoms with Gasteiger partial charge in [0.25, 0.3) is 5.91 Å². The summed E-state index contributed by atoms with van der Waals surface area (Å²) in [6, 6.07) is 12.3. The van der Waals surface area contributed by atoms with Gasteiger partial charge in [0.05, 0.1) is 4.90 Å². The normalized spacial score (nSPS) is 15.8. The predicted molar refractivity (Wildman–Crippen MR) is 123 cm³/mol. The molecule has 0 bridgehead atoms. The summed E-state index contributed by atoms with van der Waals surface area (Å²) in [7, 11) is -3.58. The molecule has 1 N–H and O–H groups in total. The number of halogens is 1. The van der Waals surface area contributed by atoms with Gasteiger partial charge >= 0.3 is 0 Å². The van der Waals surface area contributed by atoms with Gasteiger partial charge in [0.2, 0.25) is 10.0 Å². The lowest BCUT2D eigenvalue weighted by Crippen LogP contribution is -2.38. The van der Waals surface area contributed by atoms with Crippen LogP contribution in [0.1, 0.15) is 35.7 Å². The number of thioether (sulfide) groups is 1. The van der Waals surface area contributed by atoms with E-state index in [4.69, 9.17) is 11.6 Å². The number of aryl methyl sites for hydroxylation is 1. The third-order valence-corrected chi connectivity index (χ3v) is 8.46. The first-order valence-corrected chi connectivity index (χ1v) is 12.8. The van der Waals surface area contributed by atoms with Crippen LogP contribution in [-0.2, 0) is 10.0 Å². The fourth-order valence-electron chi connectivity index (χ4n) is 3.34. The van der Waals surface area contributed by atoms with Gasteiger partial charge in [0.15, 0.2) is 0 Å². The second kappa shape index (κ2) is 10.2. The molecule has 0 saturated carbocycles. The molecule has 5 nitrogen and oxygen atoms in total. The van der Waals surface area contributed by atoms with E-state index in [9.17, 15) is 13.2 Å². The summed E-state index contributed by atoms with van der Waals surface area (Å²) in [6.07, 6.45) is 1.73. The van der Waals surface area contributed by atoms with Crippen molar-refractivity contribution in [2.45, 2.75) is 36.5 Å². The number of hydrogen-bond acceptors (Lipinski definition) is 4. The second-order valence-electron chi connectivity index (χ2n) is 7.62. The number of piperidine rings is 1. The van der Waals surface area contributed by atoms with Crippen molar-refractivity contribution in [3.63, 3.8) is 0 Å². The quantitative estimate of drug-likeness (QED) is 0.478. The highest BCUT2D eigenvalue weighted by Crippen LogP contribution is 2.25. The van der Waals surface area contributed by atoms with Gasteiger partial charge in [-0.05, 0) is 67.6 Å². The summed E-state index contributed by atoms with van der Waals surface area (Å²) in [5, 5.41) is 3.58. The highest BCUT2D eigenvalue weighted by Gasteiger charge is 2.28. The molecule has 0 radical (unpaired) electrons. The van der Waals surface area contributed by atoms with E-state index in [1.807, 2.05) is 31.2 Å². The summed E-state index contributed by atoms with van der Waals surface area (Å²) in [4.78, 5) is 13.9. The molecule has 0 aliphatic carbocycles. The third kappa shape index (κ3) is 5.78. The topological polar surface area (TPSA) is 66.5 Å². The molecule has 0 atom stereocenters. The van der Waals surface area contributed by atoms with Gasteiger partial charge in [-0.2, -0.15) is 4.31 Å². The number of benzene rings is 2. The zero-order valence-corrected chi connectivity index (χ0v) is 19.6. The van der Waals surface area contributed by atoms with Crippen LogP contribution in [0.25, 0.3) is 0 Å². The van der Waals surface area contributed by atoms with E-state index < -0.39 is 10.0 Å². The molecule has 0 aromatic heterocycles. The second-order valence-corrected chi connectivity index (χ2v) is 11.2. The molecule has 1 fully saturated rings. The summed E-state index contributed by atoms with van der Waals surface area (Å²) in [5.41, 5.74) is 1.15. The van der Waals surface area contributed by atoms with E-state index >= 15 is 0 Å². The number of rotatable bonds is 7. The molecule has 30 heavy (non-hydrogen) atoms. The van der Waals surface area contributed by atoms with Gasteiger partial charge in [-0.1, -0.05) is 24.6 Å². The van der Waals surface area contributed by atoms with Crippen molar-refractivity contribution in [2.24, 2.45) is 5.92 Å². The number of carbonyl (C=O) groups is 1. The van der Waals surface area contributed by atoms with Gasteiger partial charge in [0, 0.05) is 40.9 Å². The minimum Gasteiger partial charge on any atom is -0.351 e. The highest BCUT2D eigenvalue weighted by molar-refractivity contribution is 7.99. The lowest BCUT2D eigenvalue weighted by Gasteiger charge is -2.29. The highest BCUT2D eigenvalue weighted by atomic mass is 35.5. The zero-order chi connectivity index (χ0) is 21.7. The molecule has 1 heterocycles. The van der Waals surface area contributed by atoms with Crippen molar-refractivity contribution >= 4 is 39.3 Å². The van der Waals surface area contributed by atoms with Crippen molar-refractivity contribution in [3.8, 4) is 0 Å². The minimum absolute atomic E-state index is 0.184. The fraction of sp³-hybridized carbons (Fsp3) is 0.409. The molecule has 162 valence electrons. The smallest absolute Gasteiger partial charge is 0.251 e. The fourth-order valence-corrected chi connectivity index (χ4v) is 5.73. The number of carbonyl (C=O) groups excluding carboxylic acids is 1. The van der Waals surface area contributed by atoms with Crippen molar-refractivity contribution in [1.29, 1.82) is 0 Å². The molecule has 2 aromatic carbocycles. The lowest BCUT2D eigenvalue weighted by molar-refractivity contribution is 0.0955. The van der Waals surface area contributed by atoms with Gasteiger partial charge in [-0.25, -0.2) is 8.42 Å². The molecule has 0 spiro atoms. The molecular formula is C22H27ClN2O3S2. The number of nitrogens with zero attached hydrogens (tertiary/aromatic N) is 1. The van der Waals surface area contributed by atoms with Crippen molar-refractivity contribution in [1.82, 2.24) is 9.62 Å². The zero-order valence-electron chi connectivity index (χ0n) is 17.2. The Morgan fingerprint density at radius 3 is 2.50 bits per heavy atom.